The van der Waals surface area contributed by atoms with Gasteiger partial charge in [-0.05, 0) is 24.6 Å². The maximum atomic E-state index is 12.0. The molecule has 0 aliphatic rings. The van der Waals surface area contributed by atoms with Gasteiger partial charge in [0.2, 0.25) is 11.8 Å². The fourth-order valence-electron chi connectivity index (χ4n) is 2.00. The lowest BCUT2D eigenvalue weighted by atomic mass is 10.1. The fourth-order valence-corrected chi connectivity index (χ4v) is 2.30. The Bertz CT molecular complexity index is 520. The van der Waals surface area contributed by atoms with Crippen LogP contribution in [0.25, 0.3) is 0 Å². The molecule has 0 heterocycles. The van der Waals surface area contributed by atoms with Crippen molar-refractivity contribution in [3.05, 3.63) is 28.2 Å². The number of nitrogens with one attached hydrogen (secondary N) is 1. The molecule has 0 saturated heterocycles. The Hall–Kier alpha value is -1.26. The van der Waals surface area contributed by atoms with Crippen LogP contribution in [0.2, 0.25) is 10.0 Å². The summed E-state index contributed by atoms with van der Waals surface area (Å²) in [5.41, 5.74) is 0.553. The molecule has 0 spiro atoms. The van der Waals surface area contributed by atoms with E-state index in [1.165, 1.54) is 4.90 Å². The van der Waals surface area contributed by atoms with Gasteiger partial charge < -0.3 is 10.2 Å². The summed E-state index contributed by atoms with van der Waals surface area (Å²) in [7, 11) is 1.63. The van der Waals surface area contributed by atoms with E-state index in [4.69, 9.17) is 23.2 Å². The van der Waals surface area contributed by atoms with Crippen LogP contribution in [-0.4, -0.2) is 30.3 Å². The minimum atomic E-state index is -0.270. The van der Waals surface area contributed by atoms with E-state index < -0.39 is 0 Å². The molecule has 1 aromatic rings. The van der Waals surface area contributed by atoms with Crippen molar-refractivity contribution >= 4 is 40.7 Å². The van der Waals surface area contributed by atoms with Gasteiger partial charge >= 0.3 is 0 Å². The molecule has 0 radical (unpaired) electrons. The van der Waals surface area contributed by atoms with Crippen LogP contribution < -0.4 is 5.32 Å². The van der Waals surface area contributed by atoms with E-state index in [0.717, 1.165) is 12.8 Å². The van der Waals surface area contributed by atoms with Crippen molar-refractivity contribution in [1.82, 2.24) is 4.90 Å². The third kappa shape index (κ3) is 5.56. The van der Waals surface area contributed by atoms with Crippen LogP contribution in [-0.2, 0) is 9.59 Å². The van der Waals surface area contributed by atoms with Crippen molar-refractivity contribution in [2.75, 3.05) is 18.9 Å². The maximum Gasteiger partial charge on any atom is 0.243 e. The van der Waals surface area contributed by atoms with Crippen molar-refractivity contribution in [2.24, 2.45) is 5.92 Å². The normalized spacial score (nSPS) is 11.9. The highest BCUT2D eigenvalue weighted by Crippen LogP contribution is 2.24. The molecule has 116 valence electrons. The molecule has 1 N–H and O–H groups in total. The van der Waals surface area contributed by atoms with E-state index in [9.17, 15) is 9.59 Å². The van der Waals surface area contributed by atoms with Crippen LogP contribution in [0.1, 0.15) is 26.7 Å². The summed E-state index contributed by atoms with van der Waals surface area (Å²) >= 11 is 11.7. The number of carbonyl (C=O) groups is 2. The maximum absolute atomic E-state index is 12.0. The van der Waals surface area contributed by atoms with Crippen LogP contribution in [0.4, 0.5) is 5.69 Å². The van der Waals surface area contributed by atoms with Crippen LogP contribution in [0.5, 0.6) is 0 Å². The van der Waals surface area contributed by atoms with Crippen molar-refractivity contribution < 1.29 is 9.59 Å². The average molecular weight is 331 g/mol. The average Bonchev–Trinajstić information content (AvgIpc) is 2.42. The largest absolute Gasteiger partial charge is 0.336 e. The van der Waals surface area contributed by atoms with Gasteiger partial charge in [0, 0.05) is 18.7 Å². The number of hydrogen-bond acceptors (Lipinski definition) is 2. The summed E-state index contributed by atoms with van der Waals surface area (Å²) in [6.07, 6.45) is 1.76. The molecule has 1 atom stereocenters. The molecular weight excluding hydrogens is 311 g/mol. The molecular formula is C15H20Cl2N2O2. The molecule has 6 heteroatoms. The van der Waals surface area contributed by atoms with E-state index in [2.05, 4.69) is 5.32 Å². The lowest BCUT2D eigenvalue weighted by Gasteiger charge is -2.20. The summed E-state index contributed by atoms with van der Waals surface area (Å²) in [5, 5.41) is 3.49. The third-order valence-corrected chi connectivity index (χ3v) is 3.84. The van der Waals surface area contributed by atoms with Gasteiger partial charge in [-0.2, -0.15) is 0 Å². The molecule has 0 aliphatic carbocycles. The van der Waals surface area contributed by atoms with Crippen molar-refractivity contribution in [1.29, 1.82) is 0 Å². The van der Waals surface area contributed by atoms with Gasteiger partial charge in [0.25, 0.3) is 0 Å². The standard InChI is InChI=1S/C15H20Cl2N2O2/c1-4-5-10(2)15(21)19(3)9-14(20)18-11-6-7-12(16)13(17)8-11/h6-8,10H,4-5,9H2,1-3H3,(H,18,20). The van der Waals surface area contributed by atoms with Gasteiger partial charge in [-0.3, -0.25) is 9.59 Å². The molecule has 0 saturated carbocycles. The summed E-state index contributed by atoms with van der Waals surface area (Å²) in [6, 6.07) is 4.84. The van der Waals surface area contributed by atoms with Gasteiger partial charge in [0.15, 0.2) is 0 Å². The lowest BCUT2D eigenvalue weighted by molar-refractivity contribution is -0.136. The number of likely N-dealkylation sites (N-methyl/N-ethyl adjacent to an activating group) is 1. The van der Waals surface area contributed by atoms with E-state index in [1.807, 2.05) is 13.8 Å². The fraction of sp³-hybridized carbons (Fsp3) is 0.467. The second-order valence-electron chi connectivity index (χ2n) is 5.06. The Balaban J connectivity index is 2.56. The summed E-state index contributed by atoms with van der Waals surface area (Å²) < 4.78 is 0. The van der Waals surface area contributed by atoms with Gasteiger partial charge in [0.1, 0.15) is 0 Å². The highest BCUT2D eigenvalue weighted by molar-refractivity contribution is 6.42. The Labute approximate surface area is 135 Å². The smallest absolute Gasteiger partial charge is 0.243 e. The number of rotatable bonds is 6. The van der Waals surface area contributed by atoms with Gasteiger partial charge in [-0.25, -0.2) is 0 Å². The van der Waals surface area contributed by atoms with Gasteiger partial charge in [0.05, 0.1) is 16.6 Å². The molecule has 0 aromatic heterocycles. The van der Waals surface area contributed by atoms with Crippen LogP contribution in [0.3, 0.4) is 0 Å². The molecule has 0 bridgehead atoms. The Morgan fingerprint density at radius 2 is 1.95 bits per heavy atom. The molecule has 4 nitrogen and oxygen atoms in total. The molecule has 1 aromatic carbocycles. The SMILES string of the molecule is CCCC(C)C(=O)N(C)CC(=O)Nc1ccc(Cl)c(Cl)c1. The Morgan fingerprint density at radius 3 is 2.52 bits per heavy atom. The van der Waals surface area contributed by atoms with E-state index >= 15 is 0 Å². The first-order valence-corrected chi connectivity index (χ1v) is 7.60. The van der Waals surface area contributed by atoms with Gasteiger partial charge in [-0.15, -0.1) is 0 Å². The number of nitrogens with zero attached hydrogens (tertiary/aromatic N) is 1. The van der Waals surface area contributed by atoms with Crippen LogP contribution in [0, 0.1) is 5.92 Å². The summed E-state index contributed by atoms with van der Waals surface area (Å²) in [5.74, 6) is -0.369. The first-order chi connectivity index (χ1) is 9.85. The first kappa shape index (κ1) is 17.8. The van der Waals surface area contributed by atoms with E-state index in [1.54, 1.807) is 25.2 Å². The van der Waals surface area contributed by atoms with Crippen molar-refractivity contribution in [2.45, 2.75) is 26.7 Å². The quantitative estimate of drug-likeness (QED) is 0.861. The molecule has 0 aliphatic heterocycles. The predicted molar refractivity (Wildman–Crippen MR) is 86.8 cm³/mol. The first-order valence-electron chi connectivity index (χ1n) is 6.85. The zero-order valence-electron chi connectivity index (χ0n) is 12.5. The third-order valence-electron chi connectivity index (χ3n) is 3.10. The number of amides is 2. The zero-order chi connectivity index (χ0) is 16.0. The number of carbonyl (C=O) groups excluding carboxylic acids is 2. The van der Waals surface area contributed by atoms with E-state index in [0.29, 0.717) is 15.7 Å². The number of halogens is 2. The van der Waals surface area contributed by atoms with Crippen LogP contribution >= 0.6 is 23.2 Å². The monoisotopic (exact) mass is 330 g/mol. The zero-order valence-corrected chi connectivity index (χ0v) is 14.0. The highest BCUT2D eigenvalue weighted by Gasteiger charge is 2.18. The summed E-state index contributed by atoms with van der Waals surface area (Å²) in [4.78, 5) is 25.4. The number of benzene rings is 1. The summed E-state index contributed by atoms with van der Waals surface area (Å²) in [6.45, 7) is 3.91. The predicted octanol–water partition coefficient (Wildman–Crippen LogP) is 3.83. The number of hydrogen-bond donors (Lipinski definition) is 1. The Morgan fingerprint density at radius 1 is 1.29 bits per heavy atom. The molecule has 1 rings (SSSR count). The second kappa shape index (κ2) is 8.25. The molecule has 1 unspecified atom stereocenters. The molecule has 21 heavy (non-hydrogen) atoms. The lowest BCUT2D eigenvalue weighted by Crippen LogP contribution is -2.37. The molecule has 0 fully saturated rings. The minimum Gasteiger partial charge on any atom is -0.336 e. The van der Waals surface area contributed by atoms with Crippen LogP contribution in [0.15, 0.2) is 18.2 Å². The topological polar surface area (TPSA) is 49.4 Å². The number of anilines is 1. The molecule has 2 amide bonds. The van der Waals surface area contributed by atoms with Crippen molar-refractivity contribution in [3.63, 3.8) is 0 Å². The minimum absolute atomic E-state index is 0.00708. The second-order valence-corrected chi connectivity index (χ2v) is 5.88. The van der Waals surface area contributed by atoms with E-state index in [-0.39, 0.29) is 24.3 Å². The van der Waals surface area contributed by atoms with Gasteiger partial charge in [-0.1, -0.05) is 43.5 Å². The highest BCUT2D eigenvalue weighted by atomic mass is 35.5. The van der Waals surface area contributed by atoms with Crippen molar-refractivity contribution in [3.8, 4) is 0 Å². The Kier molecular flexibility index (Phi) is 6.99.